The molecule has 166 valence electrons. The van der Waals surface area contributed by atoms with Gasteiger partial charge in [-0.3, -0.25) is 28.9 Å². The molecule has 0 aliphatic rings. The van der Waals surface area contributed by atoms with Gasteiger partial charge < -0.3 is 5.32 Å². The van der Waals surface area contributed by atoms with E-state index in [4.69, 9.17) is 0 Å². The van der Waals surface area contributed by atoms with E-state index in [0.717, 1.165) is 16.7 Å². The minimum Gasteiger partial charge on any atom is -0.329 e. The number of nitrogens with zero attached hydrogens (tertiary/aromatic N) is 1. The number of nitrogens with one attached hydrogen (secondary N) is 1. The van der Waals surface area contributed by atoms with Gasteiger partial charge in [-0.05, 0) is 69.3 Å². The molecule has 0 radical (unpaired) electrons. The molecule has 0 unspecified atom stereocenters. The van der Waals surface area contributed by atoms with E-state index in [1.807, 2.05) is 0 Å². The lowest BCUT2D eigenvalue weighted by Crippen LogP contribution is -2.24. The molecule has 2 aromatic rings. The van der Waals surface area contributed by atoms with Crippen LogP contribution in [0.2, 0.25) is 0 Å². The second-order valence-corrected chi connectivity index (χ2v) is 6.85. The smallest absolute Gasteiger partial charge is 0.264 e. The highest BCUT2D eigenvalue weighted by Gasteiger charge is 2.15. The number of aryl methyl sites for hydroxylation is 2. The van der Waals surface area contributed by atoms with Gasteiger partial charge in [0.05, 0.1) is 0 Å². The van der Waals surface area contributed by atoms with E-state index in [0.29, 0.717) is 34.2 Å². The summed E-state index contributed by atoms with van der Waals surface area (Å²) in [4.78, 5) is 57.0. The average molecular weight is 434 g/mol. The first-order chi connectivity index (χ1) is 15.1. The first kappa shape index (κ1) is 25.9. The lowest BCUT2D eigenvalue weighted by molar-refractivity contribution is -0.114. The third kappa shape index (κ3) is 6.70. The Morgan fingerprint density at radius 2 is 1.31 bits per heavy atom. The van der Waals surface area contributed by atoms with Crippen molar-refractivity contribution < 1.29 is 24.0 Å². The normalized spacial score (nSPS) is 9.50. The monoisotopic (exact) mass is 434 g/mol. The van der Waals surface area contributed by atoms with Crippen molar-refractivity contribution in [1.82, 2.24) is 10.2 Å². The Labute approximate surface area is 187 Å². The van der Waals surface area contributed by atoms with Crippen molar-refractivity contribution in [2.75, 3.05) is 0 Å². The molecule has 0 aliphatic carbocycles. The van der Waals surface area contributed by atoms with Crippen LogP contribution in [-0.4, -0.2) is 34.7 Å². The summed E-state index contributed by atoms with van der Waals surface area (Å²) >= 11 is 0. The van der Waals surface area contributed by atoms with Gasteiger partial charge in [-0.1, -0.05) is 25.3 Å². The van der Waals surface area contributed by atoms with Crippen molar-refractivity contribution in [1.29, 1.82) is 0 Å². The predicted octanol–water partition coefficient (Wildman–Crippen LogP) is 4.01. The van der Waals surface area contributed by atoms with Gasteiger partial charge in [0.2, 0.25) is 6.41 Å². The number of imide groups is 1. The van der Waals surface area contributed by atoms with E-state index in [2.05, 4.69) is 18.5 Å². The van der Waals surface area contributed by atoms with Crippen LogP contribution in [0.25, 0.3) is 0 Å². The molecule has 0 fully saturated rings. The van der Waals surface area contributed by atoms with Gasteiger partial charge in [0, 0.05) is 28.5 Å². The molecule has 3 amide bonds. The molecule has 7 nitrogen and oxygen atoms in total. The number of rotatable bonds is 7. The molecule has 2 rings (SSSR count). The van der Waals surface area contributed by atoms with Gasteiger partial charge in [0.15, 0.2) is 11.6 Å². The quantitative estimate of drug-likeness (QED) is 0.524. The largest absolute Gasteiger partial charge is 0.329 e. The van der Waals surface area contributed by atoms with Gasteiger partial charge in [-0.25, -0.2) is 0 Å². The molecular weight excluding hydrogens is 408 g/mol. The van der Waals surface area contributed by atoms with Crippen LogP contribution in [0, 0.1) is 13.8 Å². The summed E-state index contributed by atoms with van der Waals surface area (Å²) in [7, 11) is 0. The highest BCUT2D eigenvalue weighted by Crippen LogP contribution is 2.14. The molecular formula is C25H26N2O5. The fourth-order valence-electron chi connectivity index (χ4n) is 2.74. The molecule has 7 heteroatoms. The van der Waals surface area contributed by atoms with Crippen molar-refractivity contribution >= 4 is 29.8 Å². The van der Waals surface area contributed by atoms with Crippen molar-refractivity contribution in [2.45, 2.75) is 27.7 Å². The number of benzene rings is 2. The van der Waals surface area contributed by atoms with E-state index in [9.17, 15) is 24.0 Å². The van der Waals surface area contributed by atoms with Crippen LogP contribution in [0.3, 0.4) is 0 Å². The first-order valence-electron chi connectivity index (χ1n) is 9.62. The molecule has 0 bridgehead atoms. The first-order valence-corrected chi connectivity index (χ1v) is 9.62. The minimum absolute atomic E-state index is 0.00576. The van der Waals surface area contributed by atoms with Gasteiger partial charge in [-0.2, -0.15) is 0 Å². The van der Waals surface area contributed by atoms with E-state index in [1.54, 1.807) is 44.2 Å². The van der Waals surface area contributed by atoms with E-state index in [1.165, 1.54) is 26.1 Å². The summed E-state index contributed by atoms with van der Waals surface area (Å²) in [6.45, 7) is 13.3. The third-order valence-electron chi connectivity index (χ3n) is 4.52. The van der Waals surface area contributed by atoms with Crippen molar-refractivity contribution in [3.05, 3.63) is 95.3 Å². The van der Waals surface area contributed by atoms with Crippen molar-refractivity contribution in [2.24, 2.45) is 0 Å². The van der Waals surface area contributed by atoms with Crippen LogP contribution in [0.1, 0.15) is 66.4 Å². The highest BCUT2D eigenvalue weighted by molar-refractivity contribution is 6.03. The Hall–Kier alpha value is -4.13. The number of ketones is 2. The van der Waals surface area contributed by atoms with Gasteiger partial charge in [-0.15, -0.1) is 0 Å². The maximum atomic E-state index is 11.8. The number of hydrogen-bond donors (Lipinski definition) is 1. The second-order valence-electron chi connectivity index (χ2n) is 6.85. The lowest BCUT2D eigenvalue weighted by Gasteiger charge is -2.12. The fourth-order valence-corrected chi connectivity index (χ4v) is 2.74. The zero-order valence-corrected chi connectivity index (χ0v) is 18.6. The third-order valence-corrected chi connectivity index (χ3v) is 4.52. The second kappa shape index (κ2) is 11.9. The number of amides is 3. The average Bonchev–Trinajstić information content (AvgIpc) is 2.74. The molecule has 0 saturated heterocycles. The molecule has 0 atom stereocenters. The topological polar surface area (TPSA) is 101 Å². The Kier molecular flexibility index (Phi) is 9.64. The summed E-state index contributed by atoms with van der Waals surface area (Å²) in [6.07, 6.45) is 2.88. The Balaban J connectivity index is 0.000000323. The molecule has 0 saturated carbocycles. The summed E-state index contributed by atoms with van der Waals surface area (Å²) < 4.78 is 0. The maximum absolute atomic E-state index is 11.8. The molecule has 0 aliphatic heterocycles. The SMILES string of the molecule is C=CN(C=O)C(=O)c1ccc(C(C)=O)cc1C.C=CNC(=O)c1ccc(C(C)=O)cc1C. The van der Waals surface area contributed by atoms with Crippen LogP contribution in [0.5, 0.6) is 0 Å². The molecule has 32 heavy (non-hydrogen) atoms. The van der Waals surface area contributed by atoms with E-state index >= 15 is 0 Å². The predicted molar refractivity (Wildman–Crippen MR) is 122 cm³/mol. The minimum atomic E-state index is -0.456. The Morgan fingerprint density at radius 1 is 0.844 bits per heavy atom. The molecule has 0 aromatic heterocycles. The number of Topliss-reactive ketones (excluding diaryl/α,β-unsaturated/α-hetero) is 2. The maximum Gasteiger partial charge on any atom is 0.264 e. The number of carbonyl (C=O) groups excluding carboxylic acids is 5. The Morgan fingerprint density at radius 3 is 1.66 bits per heavy atom. The number of hydrogen-bond acceptors (Lipinski definition) is 5. The lowest BCUT2D eigenvalue weighted by atomic mass is 10.0. The van der Waals surface area contributed by atoms with Crippen molar-refractivity contribution in [3.8, 4) is 0 Å². The Bertz CT molecular complexity index is 1080. The molecule has 2 aromatic carbocycles. The molecule has 0 heterocycles. The summed E-state index contributed by atoms with van der Waals surface area (Å²) in [5, 5.41) is 2.49. The zero-order valence-electron chi connectivity index (χ0n) is 18.6. The van der Waals surface area contributed by atoms with Crippen molar-refractivity contribution in [3.63, 3.8) is 0 Å². The fraction of sp³-hybridized carbons (Fsp3) is 0.160. The standard InChI is InChI=1S/C13H13NO3.C12H13NO2/c1-4-14(8-15)13(17)12-6-5-11(10(3)16)7-9(12)2;1-4-13-12(15)11-6-5-10(9(3)14)7-8(11)2/h4-8H,1H2,2-3H3;4-7H,1H2,2-3H3,(H,13,15). The summed E-state index contributed by atoms with van der Waals surface area (Å²) in [5.74, 6) is -0.739. The van der Waals surface area contributed by atoms with Gasteiger partial charge in [0.1, 0.15) is 0 Å². The van der Waals surface area contributed by atoms with Crippen LogP contribution < -0.4 is 5.32 Å². The highest BCUT2D eigenvalue weighted by atomic mass is 16.2. The summed E-state index contributed by atoms with van der Waals surface area (Å²) in [6, 6.07) is 9.73. The van der Waals surface area contributed by atoms with E-state index < -0.39 is 5.91 Å². The van der Waals surface area contributed by atoms with Crippen LogP contribution in [0.4, 0.5) is 0 Å². The van der Waals surface area contributed by atoms with Gasteiger partial charge in [0.25, 0.3) is 11.8 Å². The number of carbonyl (C=O) groups is 5. The van der Waals surface area contributed by atoms with Crippen LogP contribution in [-0.2, 0) is 4.79 Å². The molecule has 1 N–H and O–H groups in total. The molecule has 0 spiro atoms. The van der Waals surface area contributed by atoms with Crippen LogP contribution >= 0.6 is 0 Å². The zero-order chi connectivity index (χ0) is 24.4. The van der Waals surface area contributed by atoms with Crippen LogP contribution in [0.15, 0.2) is 62.0 Å². The van der Waals surface area contributed by atoms with E-state index in [-0.39, 0.29) is 17.5 Å². The summed E-state index contributed by atoms with van der Waals surface area (Å²) in [5.41, 5.74) is 3.51. The van der Waals surface area contributed by atoms with Gasteiger partial charge >= 0.3 is 0 Å².